The van der Waals surface area contributed by atoms with Crippen LogP contribution in [-0.4, -0.2) is 48.5 Å². The first kappa shape index (κ1) is 17.5. The Balaban J connectivity index is 1.67. The number of benzene rings is 1. The zero-order valence-corrected chi connectivity index (χ0v) is 14.9. The number of carbonyl (C=O) groups is 2. The normalized spacial score (nSPS) is 18.0. The van der Waals surface area contributed by atoms with Gasteiger partial charge in [-0.2, -0.15) is 0 Å². The van der Waals surface area contributed by atoms with Gasteiger partial charge >= 0.3 is 0 Å². The van der Waals surface area contributed by atoms with E-state index < -0.39 is 0 Å². The minimum absolute atomic E-state index is 0.0195. The van der Waals surface area contributed by atoms with Gasteiger partial charge in [0.2, 0.25) is 0 Å². The van der Waals surface area contributed by atoms with Gasteiger partial charge in [-0.05, 0) is 30.5 Å². The summed E-state index contributed by atoms with van der Waals surface area (Å²) in [5, 5.41) is 0. The van der Waals surface area contributed by atoms with Crippen LogP contribution in [0.15, 0.2) is 35.1 Å². The Morgan fingerprint density at radius 3 is 2.72 bits per heavy atom. The Hall–Kier alpha value is -2.27. The molecule has 5 heteroatoms. The van der Waals surface area contributed by atoms with Crippen LogP contribution in [0.1, 0.15) is 29.5 Å². The average Bonchev–Trinajstić information content (AvgIpc) is 2.59. The highest BCUT2D eigenvalue weighted by Crippen LogP contribution is 2.18. The van der Waals surface area contributed by atoms with Gasteiger partial charge in [0.05, 0.1) is 13.2 Å². The number of Topliss-reactive ketones (excluding diaryl/α,β-unsaturated/α-hetero) is 1. The summed E-state index contributed by atoms with van der Waals surface area (Å²) in [7, 11) is 0. The number of hydrogen-bond donors (Lipinski definition) is 0. The second-order valence-electron chi connectivity index (χ2n) is 6.67. The first-order valence-corrected chi connectivity index (χ1v) is 8.73. The summed E-state index contributed by atoms with van der Waals surface area (Å²) >= 11 is 0. The van der Waals surface area contributed by atoms with Gasteiger partial charge in [0.1, 0.15) is 11.6 Å². The largest absolute Gasteiger partial charge is 0.378 e. The Morgan fingerprint density at radius 1 is 1.20 bits per heavy atom. The molecule has 0 N–H and O–H groups in total. The van der Waals surface area contributed by atoms with E-state index in [0.717, 1.165) is 24.2 Å². The Labute approximate surface area is 148 Å². The fourth-order valence-corrected chi connectivity index (χ4v) is 3.19. The molecule has 0 amide bonds. The highest BCUT2D eigenvalue weighted by Gasteiger charge is 2.21. The van der Waals surface area contributed by atoms with Gasteiger partial charge < -0.3 is 9.64 Å². The highest BCUT2D eigenvalue weighted by molar-refractivity contribution is 6.14. The van der Waals surface area contributed by atoms with Crippen molar-refractivity contribution in [2.45, 2.75) is 33.1 Å². The smallest absolute Gasteiger partial charge is 0.164 e. The van der Waals surface area contributed by atoms with Crippen LogP contribution < -0.4 is 0 Å². The minimum atomic E-state index is 0.0195. The molecule has 1 saturated heterocycles. The average molecular weight is 340 g/mol. The molecule has 2 heterocycles. The maximum absolute atomic E-state index is 12.5. The number of rotatable bonds is 5. The predicted molar refractivity (Wildman–Crippen MR) is 96.8 cm³/mol. The van der Waals surface area contributed by atoms with Gasteiger partial charge in [-0.25, -0.2) is 4.99 Å². The second-order valence-corrected chi connectivity index (χ2v) is 6.67. The van der Waals surface area contributed by atoms with Gasteiger partial charge in [-0.3, -0.25) is 9.59 Å². The quantitative estimate of drug-likeness (QED) is 0.826. The van der Waals surface area contributed by atoms with Gasteiger partial charge in [-0.1, -0.05) is 18.2 Å². The minimum Gasteiger partial charge on any atom is -0.378 e. The number of carbonyl (C=O) groups excluding carboxylic acids is 2. The molecule has 2 aliphatic rings. The van der Waals surface area contributed by atoms with Gasteiger partial charge in [-0.15, -0.1) is 0 Å². The second kappa shape index (κ2) is 7.74. The number of morpholine rings is 1. The number of aliphatic imine (C=N–C) groups is 1. The van der Waals surface area contributed by atoms with Crippen LogP contribution in [0.5, 0.6) is 0 Å². The summed E-state index contributed by atoms with van der Waals surface area (Å²) in [5.41, 5.74) is 4.07. The Bertz CT molecular complexity index is 743. The van der Waals surface area contributed by atoms with Crippen molar-refractivity contribution < 1.29 is 14.3 Å². The first-order valence-electron chi connectivity index (χ1n) is 8.73. The molecule has 2 aliphatic heterocycles. The van der Waals surface area contributed by atoms with Crippen molar-refractivity contribution in [1.29, 1.82) is 0 Å². The third-order valence-corrected chi connectivity index (χ3v) is 4.78. The van der Waals surface area contributed by atoms with E-state index in [2.05, 4.69) is 9.89 Å². The van der Waals surface area contributed by atoms with Crippen LogP contribution in [0.3, 0.4) is 0 Å². The summed E-state index contributed by atoms with van der Waals surface area (Å²) in [6.45, 7) is 6.83. The fraction of sp³-hybridized carbons (Fsp3) is 0.450. The summed E-state index contributed by atoms with van der Waals surface area (Å²) in [6.07, 6.45) is 2.45. The number of aryl methyl sites for hydroxylation is 1. The van der Waals surface area contributed by atoms with Crippen LogP contribution >= 0.6 is 0 Å². The van der Waals surface area contributed by atoms with Crippen molar-refractivity contribution in [1.82, 2.24) is 4.90 Å². The molecule has 0 unspecified atom stereocenters. The number of ketones is 2. The van der Waals surface area contributed by atoms with Gasteiger partial charge in [0.25, 0.3) is 0 Å². The molecular weight excluding hydrogens is 316 g/mol. The van der Waals surface area contributed by atoms with E-state index >= 15 is 0 Å². The molecule has 0 aromatic heterocycles. The molecule has 0 bridgehead atoms. The zero-order chi connectivity index (χ0) is 17.8. The third-order valence-electron chi connectivity index (χ3n) is 4.78. The molecule has 3 rings (SSSR count). The van der Waals surface area contributed by atoms with E-state index in [-0.39, 0.29) is 24.4 Å². The van der Waals surface area contributed by atoms with Gasteiger partial charge in [0.15, 0.2) is 5.78 Å². The van der Waals surface area contributed by atoms with Crippen molar-refractivity contribution in [3.8, 4) is 0 Å². The van der Waals surface area contributed by atoms with E-state index in [4.69, 9.17) is 4.74 Å². The number of allylic oxidation sites excluding steroid dienone is 1. The van der Waals surface area contributed by atoms with Crippen LogP contribution in [-0.2, 0) is 20.7 Å². The van der Waals surface area contributed by atoms with Crippen molar-refractivity contribution in [3.63, 3.8) is 0 Å². The number of hydrogen-bond acceptors (Lipinski definition) is 5. The highest BCUT2D eigenvalue weighted by atomic mass is 16.5. The van der Waals surface area contributed by atoms with E-state index in [1.165, 1.54) is 5.56 Å². The molecule has 132 valence electrons. The van der Waals surface area contributed by atoms with E-state index in [1.807, 2.05) is 32.0 Å². The monoisotopic (exact) mass is 340 g/mol. The maximum Gasteiger partial charge on any atom is 0.164 e. The number of nitrogens with zero attached hydrogens (tertiary/aromatic N) is 2. The van der Waals surface area contributed by atoms with Crippen LogP contribution in [0.4, 0.5) is 0 Å². The van der Waals surface area contributed by atoms with E-state index in [0.29, 0.717) is 31.2 Å². The number of ether oxygens (including phenoxy) is 1. The zero-order valence-electron chi connectivity index (χ0n) is 14.9. The lowest BCUT2D eigenvalue weighted by molar-refractivity contribution is -0.117. The predicted octanol–water partition coefficient (Wildman–Crippen LogP) is 2.39. The third kappa shape index (κ3) is 4.42. The molecule has 0 aliphatic carbocycles. The molecule has 0 spiro atoms. The van der Waals surface area contributed by atoms with Crippen LogP contribution in [0.2, 0.25) is 0 Å². The first-order chi connectivity index (χ1) is 12.0. The van der Waals surface area contributed by atoms with Crippen molar-refractivity contribution in [2.24, 2.45) is 4.99 Å². The SMILES string of the molecule is Cc1cccc(CC(=O)CC2=NC(N3CCOCC3)=CC(=O)C2)c1C. The van der Waals surface area contributed by atoms with Crippen LogP contribution in [0.25, 0.3) is 0 Å². The molecule has 1 aromatic rings. The summed E-state index contributed by atoms with van der Waals surface area (Å²) in [6, 6.07) is 6.02. The fourth-order valence-electron chi connectivity index (χ4n) is 3.19. The standard InChI is InChI=1S/C20H24N2O3/c1-14-4-3-5-16(15(14)2)10-18(23)11-17-12-19(24)13-20(21-17)22-6-8-25-9-7-22/h3-5,13H,6-12H2,1-2H3. The lowest BCUT2D eigenvalue weighted by Crippen LogP contribution is -2.36. The topological polar surface area (TPSA) is 59.0 Å². The lowest BCUT2D eigenvalue weighted by Gasteiger charge is -2.30. The Morgan fingerprint density at radius 2 is 1.96 bits per heavy atom. The van der Waals surface area contributed by atoms with Gasteiger partial charge in [0, 0.05) is 44.1 Å². The van der Waals surface area contributed by atoms with Crippen molar-refractivity contribution in [3.05, 3.63) is 46.8 Å². The molecule has 25 heavy (non-hydrogen) atoms. The molecule has 0 saturated carbocycles. The van der Waals surface area contributed by atoms with E-state index in [1.54, 1.807) is 6.08 Å². The molecule has 1 aromatic carbocycles. The molecule has 1 fully saturated rings. The maximum atomic E-state index is 12.5. The van der Waals surface area contributed by atoms with Crippen molar-refractivity contribution >= 4 is 17.3 Å². The molecular formula is C20H24N2O3. The summed E-state index contributed by atoms with van der Waals surface area (Å²) in [5.74, 6) is 0.795. The summed E-state index contributed by atoms with van der Waals surface area (Å²) < 4.78 is 5.34. The van der Waals surface area contributed by atoms with Crippen LogP contribution in [0, 0.1) is 13.8 Å². The lowest BCUT2D eigenvalue weighted by atomic mass is 9.96. The van der Waals surface area contributed by atoms with E-state index in [9.17, 15) is 9.59 Å². The molecule has 0 atom stereocenters. The molecule has 0 radical (unpaired) electrons. The van der Waals surface area contributed by atoms with Crippen molar-refractivity contribution in [2.75, 3.05) is 26.3 Å². The summed E-state index contributed by atoms with van der Waals surface area (Å²) in [4.78, 5) is 31.2. The Kier molecular flexibility index (Phi) is 5.43. The molecule has 5 nitrogen and oxygen atoms in total.